The van der Waals surface area contributed by atoms with E-state index in [1.807, 2.05) is 0 Å². The summed E-state index contributed by atoms with van der Waals surface area (Å²) in [7, 11) is 0. The first-order chi connectivity index (χ1) is 12.3. The van der Waals surface area contributed by atoms with Crippen LogP contribution in [0, 0.1) is 41.4 Å². The maximum absolute atomic E-state index is 4.76. The van der Waals surface area contributed by atoms with Crippen molar-refractivity contribution < 1.29 is 0 Å². The topological polar surface area (TPSA) is 0 Å². The van der Waals surface area contributed by atoms with Crippen molar-refractivity contribution in [3.05, 3.63) is 0 Å². The maximum Gasteiger partial charge on any atom is 0.00195 e. The third-order valence-corrected chi connectivity index (χ3v) is 9.48. The highest BCUT2D eigenvalue weighted by atomic mass is 32.1. The summed E-state index contributed by atoms with van der Waals surface area (Å²) in [4.78, 5) is 0. The molecule has 0 heterocycles. The predicted molar refractivity (Wildman–Crippen MR) is 112 cm³/mol. The Balaban J connectivity index is 1.39. The molecule has 0 aromatic carbocycles. The molecule has 0 aliphatic heterocycles. The molecule has 0 aromatic rings. The minimum atomic E-state index is 0.716. The largest absolute Gasteiger partial charge is 0.176 e. The van der Waals surface area contributed by atoms with E-state index >= 15 is 0 Å². The van der Waals surface area contributed by atoms with Crippen LogP contribution >= 0.6 is 12.6 Å². The average molecular weight is 363 g/mol. The van der Waals surface area contributed by atoms with Crippen LogP contribution in [0.2, 0.25) is 0 Å². The van der Waals surface area contributed by atoms with E-state index in [0.29, 0.717) is 5.25 Å². The highest BCUT2D eigenvalue weighted by Gasteiger charge is 2.53. The van der Waals surface area contributed by atoms with Gasteiger partial charge < -0.3 is 0 Å². The second-order valence-corrected chi connectivity index (χ2v) is 11.1. The van der Waals surface area contributed by atoms with E-state index in [1.54, 1.807) is 32.1 Å². The zero-order valence-electron chi connectivity index (χ0n) is 16.7. The van der Waals surface area contributed by atoms with Gasteiger partial charge in [-0.1, -0.05) is 51.9 Å². The molecule has 0 saturated heterocycles. The summed E-state index contributed by atoms with van der Waals surface area (Å²) in [5.41, 5.74) is 0. The molecule has 0 spiro atoms. The fourth-order valence-electron chi connectivity index (χ4n) is 7.71. The number of hydrogen-bond acceptors (Lipinski definition) is 1. The fourth-order valence-corrected chi connectivity index (χ4v) is 8.16. The van der Waals surface area contributed by atoms with Crippen molar-refractivity contribution in [3.63, 3.8) is 0 Å². The highest BCUT2D eigenvalue weighted by Crippen LogP contribution is 2.61. The van der Waals surface area contributed by atoms with Gasteiger partial charge in [-0.15, -0.1) is 0 Å². The summed E-state index contributed by atoms with van der Waals surface area (Å²) in [6.45, 7) is 2.48. The molecule has 8 unspecified atom stereocenters. The van der Waals surface area contributed by atoms with Crippen molar-refractivity contribution in [2.75, 3.05) is 0 Å². The molecule has 1 heteroatoms. The van der Waals surface area contributed by atoms with Gasteiger partial charge in [-0.3, -0.25) is 0 Å². The zero-order chi connectivity index (χ0) is 17.2. The van der Waals surface area contributed by atoms with Gasteiger partial charge in [0.05, 0.1) is 0 Å². The minimum absolute atomic E-state index is 0.716. The van der Waals surface area contributed by atoms with Gasteiger partial charge in [-0.2, -0.15) is 12.6 Å². The summed E-state index contributed by atoms with van der Waals surface area (Å²) >= 11 is 4.76. The van der Waals surface area contributed by atoms with Gasteiger partial charge in [0.25, 0.3) is 0 Å². The van der Waals surface area contributed by atoms with E-state index in [4.69, 9.17) is 12.6 Å². The van der Waals surface area contributed by atoms with Crippen LogP contribution < -0.4 is 0 Å². The molecule has 0 N–H and O–H groups in total. The van der Waals surface area contributed by atoms with E-state index in [0.717, 1.165) is 41.4 Å². The van der Waals surface area contributed by atoms with Crippen molar-refractivity contribution in [2.45, 2.75) is 108 Å². The molecule has 25 heavy (non-hydrogen) atoms. The Labute approximate surface area is 162 Å². The van der Waals surface area contributed by atoms with Gasteiger partial charge in [0.2, 0.25) is 0 Å². The molecule has 4 saturated carbocycles. The lowest BCUT2D eigenvalue weighted by Gasteiger charge is -2.59. The molecule has 0 radical (unpaired) electrons. The average Bonchev–Trinajstić information content (AvgIpc) is 3.02. The smallest absolute Gasteiger partial charge is 0.00195 e. The van der Waals surface area contributed by atoms with Crippen molar-refractivity contribution in [3.8, 4) is 0 Å². The standard InChI is InChI=1S/C24H42S/c1-2-18-15-23-21-9-7-5-3-4-6-8-10-22(21)24(23)16-19(18)13-17-11-12-20(25)14-17/h17-25H,2-16H2,1H3. The van der Waals surface area contributed by atoms with E-state index in [1.165, 1.54) is 64.2 Å². The van der Waals surface area contributed by atoms with Gasteiger partial charge in [0.15, 0.2) is 0 Å². The van der Waals surface area contributed by atoms with Crippen molar-refractivity contribution in [1.29, 1.82) is 0 Å². The first kappa shape index (κ1) is 18.7. The molecule has 144 valence electrons. The molecule has 4 rings (SSSR count). The zero-order valence-corrected chi connectivity index (χ0v) is 17.6. The Morgan fingerprint density at radius 2 is 1.24 bits per heavy atom. The quantitative estimate of drug-likeness (QED) is 0.493. The van der Waals surface area contributed by atoms with Crippen LogP contribution in [-0.4, -0.2) is 5.25 Å². The molecule has 4 aliphatic carbocycles. The van der Waals surface area contributed by atoms with Crippen LogP contribution in [0.15, 0.2) is 0 Å². The number of thiol groups is 1. The van der Waals surface area contributed by atoms with E-state index in [-0.39, 0.29) is 0 Å². The van der Waals surface area contributed by atoms with Gasteiger partial charge >= 0.3 is 0 Å². The lowest BCUT2D eigenvalue weighted by atomic mass is 9.46. The van der Waals surface area contributed by atoms with Crippen molar-refractivity contribution in [1.82, 2.24) is 0 Å². The molecule has 0 bridgehead atoms. The molecule has 0 amide bonds. The third-order valence-electron chi connectivity index (χ3n) is 9.02. The van der Waals surface area contributed by atoms with Gasteiger partial charge in [-0.05, 0) is 92.8 Å². The molecule has 4 fully saturated rings. The minimum Gasteiger partial charge on any atom is -0.176 e. The third kappa shape index (κ3) is 4.12. The lowest BCUT2D eigenvalue weighted by molar-refractivity contribution is -0.102. The second-order valence-electron chi connectivity index (χ2n) is 10.3. The maximum atomic E-state index is 4.76. The van der Waals surface area contributed by atoms with Gasteiger partial charge in [0.1, 0.15) is 0 Å². The molecule has 8 atom stereocenters. The SMILES string of the molecule is CCC1CC2C3CCCCCCCCC3C2CC1CC1CCC(S)C1. The summed E-state index contributed by atoms with van der Waals surface area (Å²) in [5, 5.41) is 0.716. The van der Waals surface area contributed by atoms with E-state index in [9.17, 15) is 0 Å². The Morgan fingerprint density at radius 3 is 1.80 bits per heavy atom. The number of rotatable bonds is 3. The Kier molecular flexibility index (Phi) is 6.41. The summed E-state index contributed by atoms with van der Waals surface area (Å²) < 4.78 is 0. The molecular formula is C24H42S. The van der Waals surface area contributed by atoms with Gasteiger partial charge in [-0.25, -0.2) is 0 Å². The number of fused-ring (bicyclic) bond motifs is 4. The van der Waals surface area contributed by atoms with Crippen LogP contribution in [0.25, 0.3) is 0 Å². The summed E-state index contributed by atoms with van der Waals surface area (Å²) in [6.07, 6.45) is 22.8. The van der Waals surface area contributed by atoms with Crippen molar-refractivity contribution in [2.24, 2.45) is 41.4 Å². The summed E-state index contributed by atoms with van der Waals surface area (Å²) in [5.74, 6) is 7.65. The van der Waals surface area contributed by atoms with Crippen LogP contribution in [-0.2, 0) is 0 Å². The van der Waals surface area contributed by atoms with Crippen LogP contribution in [0.5, 0.6) is 0 Å². The Bertz CT molecular complexity index is 412. The van der Waals surface area contributed by atoms with Crippen molar-refractivity contribution >= 4 is 12.6 Å². The van der Waals surface area contributed by atoms with Gasteiger partial charge in [0, 0.05) is 5.25 Å². The Morgan fingerprint density at radius 1 is 0.640 bits per heavy atom. The van der Waals surface area contributed by atoms with E-state index in [2.05, 4.69) is 6.92 Å². The second kappa shape index (κ2) is 8.57. The van der Waals surface area contributed by atoms with E-state index < -0.39 is 0 Å². The first-order valence-electron chi connectivity index (χ1n) is 11.9. The normalized spacial score (nSPS) is 48.2. The molecule has 0 nitrogen and oxygen atoms in total. The Hall–Kier alpha value is 0.350. The lowest BCUT2D eigenvalue weighted by Crippen LogP contribution is -2.52. The highest BCUT2D eigenvalue weighted by molar-refractivity contribution is 7.80. The van der Waals surface area contributed by atoms with Crippen LogP contribution in [0.1, 0.15) is 103 Å². The molecular weight excluding hydrogens is 320 g/mol. The van der Waals surface area contributed by atoms with Crippen LogP contribution in [0.4, 0.5) is 0 Å². The predicted octanol–water partition coefficient (Wildman–Crippen LogP) is 7.52. The van der Waals surface area contributed by atoms with Crippen LogP contribution in [0.3, 0.4) is 0 Å². The summed E-state index contributed by atoms with van der Waals surface area (Å²) in [6, 6.07) is 0. The number of hydrogen-bond donors (Lipinski definition) is 1. The first-order valence-corrected chi connectivity index (χ1v) is 12.5. The molecule has 0 aromatic heterocycles. The molecule has 4 aliphatic rings. The monoisotopic (exact) mass is 362 g/mol. The fraction of sp³-hybridized carbons (Fsp3) is 1.00.